The number of benzene rings is 2. The molecule has 0 amide bonds. The number of methoxy groups -OCH3 is 1. The van der Waals surface area contributed by atoms with Crippen LogP contribution in [0.5, 0.6) is 5.75 Å². The van der Waals surface area contributed by atoms with E-state index in [1.54, 1.807) is 21.0 Å². The molecule has 0 aliphatic carbocycles. The average molecular weight is 450 g/mol. The van der Waals surface area contributed by atoms with Gasteiger partial charge in [0.25, 0.3) is 0 Å². The quantitative estimate of drug-likeness (QED) is 0.530. The van der Waals surface area contributed by atoms with Gasteiger partial charge in [-0.2, -0.15) is 0 Å². The number of allylic oxidation sites excluding steroid dienone is 2. The molecule has 1 aliphatic heterocycles. The van der Waals surface area contributed by atoms with Crippen LogP contribution >= 0.6 is 0 Å². The Morgan fingerprint density at radius 2 is 1.33 bits per heavy atom. The molecule has 2 aromatic carbocycles. The van der Waals surface area contributed by atoms with E-state index in [-0.39, 0.29) is 13.2 Å². The van der Waals surface area contributed by atoms with Crippen molar-refractivity contribution in [3.63, 3.8) is 0 Å². The first-order valence-corrected chi connectivity index (χ1v) is 11.1. The lowest BCUT2D eigenvalue weighted by molar-refractivity contribution is -0.139. The summed E-state index contributed by atoms with van der Waals surface area (Å²) in [5.41, 5.74) is 4.23. The second-order valence-electron chi connectivity index (χ2n) is 7.72. The van der Waals surface area contributed by atoms with E-state index >= 15 is 0 Å². The normalized spacial score (nSPS) is 14.4. The molecule has 0 atom stereocenters. The number of carbonyl (C=O) groups excluding carboxylic acids is 2. The Kier molecular flexibility index (Phi) is 7.93. The van der Waals surface area contributed by atoms with E-state index in [1.165, 1.54) is 0 Å². The Morgan fingerprint density at radius 1 is 0.818 bits per heavy atom. The summed E-state index contributed by atoms with van der Waals surface area (Å²) >= 11 is 0. The highest BCUT2D eigenvalue weighted by Crippen LogP contribution is 2.43. The summed E-state index contributed by atoms with van der Waals surface area (Å²) in [5.74, 6) is -0.801. The number of hydrogen-bond donors (Lipinski definition) is 0. The van der Waals surface area contributed by atoms with E-state index in [0.717, 1.165) is 22.5 Å². The summed E-state index contributed by atoms with van der Waals surface area (Å²) in [6.45, 7) is 8.33. The van der Waals surface area contributed by atoms with Crippen molar-refractivity contribution in [1.29, 1.82) is 0 Å². The van der Waals surface area contributed by atoms with E-state index in [1.807, 2.05) is 73.3 Å². The van der Waals surface area contributed by atoms with E-state index in [4.69, 9.17) is 14.2 Å². The third kappa shape index (κ3) is 5.11. The predicted octanol–water partition coefficient (Wildman–Crippen LogP) is 4.97. The van der Waals surface area contributed by atoms with E-state index in [0.29, 0.717) is 23.4 Å². The van der Waals surface area contributed by atoms with Gasteiger partial charge in [-0.1, -0.05) is 42.5 Å². The molecule has 0 spiro atoms. The Morgan fingerprint density at radius 3 is 1.79 bits per heavy atom. The van der Waals surface area contributed by atoms with Crippen LogP contribution in [0.15, 0.2) is 77.1 Å². The highest BCUT2D eigenvalue weighted by atomic mass is 16.5. The number of ether oxygens (including phenoxy) is 3. The molecule has 0 N–H and O–H groups in total. The van der Waals surface area contributed by atoms with Crippen molar-refractivity contribution in [3.8, 4) is 5.75 Å². The monoisotopic (exact) mass is 449 g/mol. The Labute approximate surface area is 195 Å². The molecule has 0 radical (unpaired) electrons. The van der Waals surface area contributed by atoms with Crippen molar-refractivity contribution in [3.05, 3.63) is 88.3 Å². The van der Waals surface area contributed by atoms with E-state index in [2.05, 4.69) is 0 Å². The molecule has 1 aliphatic rings. The Hall–Kier alpha value is -3.54. The zero-order chi connectivity index (χ0) is 24.0. The van der Waals surface area contributed by atoms with Crippen molar-refractivity contribution in [2.75, 3.05) is 20.3 Å². The first-order valence-electron chi connectivity index (χ1n) is 11.1. The first-order chi connectivity index (χ1) is 15.9. The van der Waals surface area contributed by atoms with Crippen LogP contribution in [0.3, 0.4) is 0 Å². The number of nitrogens with zero attached hydrogens (tertiary/aromatic N) is 1. The molecule has 174 valence electrons. The fraction of sp³-hybridized carbons (Fsp3) is 0.333. The molecule has 0 unspecified atom stereocenters. The molecule has 0 saturated carbocycles. The molecular formula is C27H31NO5. The third-order valence-corrected chi connectivity index (χ3v) is 5.79. The summed E-state index contributed by atoms with van der Waals surface area (Å²) < 4.78 is 16.2. The average Bonchev–Trinajstić information content (AvgIpc) is 2.82. The zero-order valence-corrected chi connectivity index (χ0v) is 19.9. The van der Waals surface area contributed by atoms with Crippen molar-refractivity contribution >= 4 is 11.9 Å². The molecule has 1 heterocycles. The number of hydrogen-bond acceptors (Lipinski definition) is 6. The molecule has 33 heavy (non-hydrogen) atoms. The minimum Gasteiger partial charge on any atom is -0.497 e. The smallest absolute Gasteiger partial charge is 0.336 e. The molecule has 6 nitrogen and oxygen atoms in total. The lowest BCUT2D eigenvalue weighted by atomic mass is 9.79. The maximum atomic E-state index is 13.2. The summed E-state index contributed by atoms with van der Waals surface area (Å²) in [5, 5.41) is 0. The topological polar surface area (TPSA) is 65.1 Å². The molecule has 2 aromatic rings. The van der Waals surface area contributed by atoms with Gasteiger partial charge in [0.1, 0.15) is 5.75 Å². The summed E-state index contributed by atoms with van der Waals surface area (Å²) in [4.78, 5) is 28.5. The maximum Gasteiger partial charge on any atom is 0.336 e. The molecule has 0 bridgehead atoms. The van der Waals surface area contributed by atoms with Crippen LogP contribution in [0, 0.1) is 0 Å². The number of esters is 2. The molecule has 0 saturated heterocycles. The van der Waals surface area contributed by atoms with Crippen molar-refractivity contribution in [1.82, 2.24) is 4.90 Å². The fourth-order valence-electron chi connectivity index (χ4n) is 4.19. The summed E-state index contributed by atoms with van der Waals surface area (Å²) in [6.07, 6.45) is 0. The van der Waals surface area contributed by atoms with Gasteiger partial charge in [-0.3, -0.25) is 0 Å². The largest absolute Gasteiger partial charge is 0.497 e. The minimum absolute atomic E-state index is 0.237. The van der Waals surface area contributed by atoms with Crippen molar-refractivity contribution in [2.45, 2.75) is 40.2 Å². The highest BCUT2D eigenvalue weighted by Gasteiger charge is 2.40. The van der Waals surface area contributed by atoms with Crippen LogP contribution in [0.4, 0.5) is 0 Å². The Bertz CT molecular complexity index is 1010. The maximum absolute atomic E-state index is 13.2. The van der Waals surface area contributed by atoms with Gasteiger partial charge in [0.05, 0.1) is 37.4 Å². The lowest BCUT2D eigenvalue weighted by Crippen LogP contribution is -2.35. The predicted molar refractivity (Wildman–Crippen MR) is 126 cm³/mol. The SMILES string of the molecule is CCOC(=O)C1=C(C)N(Cc2ccccc2)C(C)=C(C(=O)OCC)C1c1ccc(OC)cc1. The summed E-state index contributed by atoms with van der Waals surface area (Å²) in [7, 11) is 1.60. The van der Waals surface area contributed by atoms with Gasteiger partial charge in [-0.15, -0.1) is 0 Å². The second-order valence-corrected chi connectivity index (χ2v) is 7.72. The van der Waals surface area contributed by atoms with Crippen LogP contribution in [0.2, 0.25) is 0 Å². The van der Waals surface area contributed by atoms with Gasteiger partial charge in [-0.05, 0) is 51.0 Å². The highest BCUT2D eigenvalue weighted by molar-refractivity contribution is 5.99. The van der Waals surface area contributed by atoms with Gasteiger partial charge in [0, 0.05) is 17.9 Å². The zero-order valence-electron chi connectivity index (χ0n) is 19.9. The van der Waals surface area contributed by atoms with Crippen LogP contribution in [0.1, 0.15) is 44.7 Å². The molecular weight excluding hydrogens is 418 g/mol. The fourth-order valence-corrected chi connectivity index (χ4v) is 4.19. The number of rotatable bonds is 8. The van der Waals surface area contributed by atoms with Gasteiger partial charge < -0.3 is 19.1 Å². The summed E-state index contributed by atoms with van der Waals surface area (Å²) in [6, 6.07) is 17.3. The van der Waals surface area contributed by atoms with E-state index in [9.17, 15) is 9.59 Å². The lowest BCUT2D eigenvalue weighted by Gasteiger charge is -2.38. The number of carbonyl (C=O) groups is 2. The second kappa shape index (κ2) is 10.9. The van der Waals surface area contributed by atoms with Crippen LogP contribution in [0.25, 0.3) is 0 Å². The van der Waals surface area contributed by atoms with Crippen LogP contribution in [-0.2, 0) is 25.6 Å². The van der Waals surface area contributed by atoms with Crippen LogP contribution in [-0.4, -0.2) is 37.2 Å². The van der Waals surface area contributed by atoms with Gasteiger partial charge in [-0.25, -0.2) is 9.59 Å². The van der Waals surface area contributed by atoms with E-state index < -0.39 is 17.9 Å². The van der Waals surface area contributed by atoms with Gasteiger partial charge in [0.15, 0.2) is 0 Å². The minimum atomic E-state index is -0.610. The third-order valence-electron chi connectivity index (χ3n) is 5.79. The van der Waals surface area contributed by atoms with Gasteiger partial charge >= 0.3 is 11.9 Å². The van der Waals surface area contributed by atoms with Gasteiger partial charge in [0.2, 0.25) is 0 Å². The molecule has 0 fully saturated rings. The molecule has 3 rings (SSSR count). The molecule has 0 aromatic heterocycles. The first kappa shape index (κ1) is 24.1. The standard InChI is InChI=1S/C27H31NO5/c1-6-32-26(29)23-18(3)28(17-20-11-9-8-10-12-20)19(4)24(27(30)33-7-2)25(23)21-13-15-22(31-5)16-14-21/h8-16,25H,6-7,17H2,1-5H3. The van der Waals surface area contributed by atoms with Crippen molar-refractivity contribution in [2.24, 2.45) is 0 Å². The van der Waals surface area contributed by atoms with Crippen molar-refractivity contribution < 1.29 is 23.8 Å². The Balaban J connectivity index is 2.21. The molecule has 6 heteroatoms. The van der Waals surface area contributed by atoms with Crippen LogP contribution < -0.4 is 4.74 Å².